The summed E-state index contributed by atoms with van der Waals surface area (Å²) in [7, 11) is 0. The molecule has 53 heavy (non-hydrogen) atoms. The van der Waals surface area contributed by atoms with E-state index in [1.54, 1.807) is 0 Å². The molecular formula is C49H34N2O2. The van der Waals surface area contributed by atoms with Crippen LogP contribution >= 0.6 is 0 Å². The Hall–Kier alpha value is -6.91. The molecule has 0 bridgehead atoms. The van der Waals surface area contributed by atoms with Crippen molar-refractivity contribution in [3.8, 4) is 33.7 Å². The number of furan rings is 1. The quantitative estimate of drug-likeness (QED) is 0.168. The molecule has 0 saturated carbocycles. The van der Waals surface area contributed by atoms with E-state index in [1.165, 1.54) is 33.5 Å². The smallest absolute Gasteiger partial charge is 0.227 e. The van der Waals surface area contributed by atoms with E-state index in [-0.39, 0.29) is 0 Å². The van der Waals surface area contributed by atoms with Crippen LogP contribution in [0.1, 0.15) is 18.4 Å². The molecule has 2 aromatic heterocycles. The van der Waals surface area contributed by atoms with Crippen LogP contribution in [0.15, 0.2) is 197 Å². The minimum Gasteiger partial charge on any atom is -0.455 e. The third-order valence-electron chi connectivity index (χ3n) is 10.2. The second-order valence-electron chi connectivity index (χ2n) is 13.5. The van der Waals surface area contributed by atoms with Gasteiger partial charge >= 0.3 is 0 Å². The Morgan fingerprint density at radius 3 is 1.83 bits per heavy atom. The highest BCUT2D eigenvalue weighted by molar-refractivity contribution is 6.18. The van der Waals surface area contributed by atoms with Crippen molar-refractivity contribution < 1.29 is 8.83 Å². The maximum atomic E-state index is 6.62. The predicted octanol–water partition coefficient (Wildman–Crippen LogP) is 13.6. The second kappa shape index (κ2) is 13.0. The van der Waals surface area contributed by atoms with Crippen molar-refractivity contribution >= 4 is 50.0 Å². The normalized spacial score (nSPS) is 13.0. The van der Waals surface area contributed by atoms with Gasteiger partial charge in [-0.1, -0.05) is 127 Å². The summed E-state index contributed by atoms with van der Waals surface area (Å²) in [4.78, 5) is 7.36. The lowest BCUT2D eigenvalue weighted by atomic mass is 9.93. The van der Waals surface area contributed by atoms with Crippen LogP contribution in [0, 0.1) is 0 Å². The number of oxazole rings is 1. The number of aromatic nitrogens is 1. The number of nitrogens with zero attached hydrogens (tertiary/aromatic N) is 2. The summed E-state index contributed by atoms with van der Waals surface area (Å²) in [6.07, 6.45) is 6.29. The summed E-state index contributed by atoms with van der Waals surface area (Å²) >= 11 is 0. The third kappa shape index (κ3) is 5.62. The van der Waals surface area contributed by atoms with Gasteiger partial charge in [-0.2, -0.15) is 0 Å². The lowest BCUT2D eigenvalue weighted by molar-refractivity contribution is 0.619. The SMILES string of the molecule is C1=C(c2cccc3c2oc2ccc4oc(-c5ccccc5)nc4c23)CCC(N(c2ccc(-c3ccccc3)cc2)c2cccc(-c3ccccc3)c2)=C1. The number of anilines is 2. The van der Waals surface area contributed by atoms with E-state index in [0.29, 0.717) is 5.89 Å². The molecule has 0 amide bonds. The Kier molecular flexibility index (Phi) is 7.58. The molecule has 0 unspecified atom stereocenters. The number of fused-ring (bicyclic) bond motifs is 5. The zero-order valence-electron chi connectivity index (χ0n) is 28.9. The number of para-hydroxylation sites is 1. The van der Waals surface area contributed by atoms with Crippen molar-refractivity contribution in [2.24, 2.45) is 0 Å². The topological polar surface area (TPSA) is 42.4 Å². The summed E-state index contributed by atoms with van der Waals surface area (Å²) in [6, 6.07) is 59.3. The van der Waals surface area contributed by atoms with Crippen LogP contribution in [0.2, 0.25) is 0 Å². The molecule has 0 saturated heterocycles. The van der Waals surface area contributed by atoms with Crippen LogP contribution in [0.25, 0.3) is 72.3 Å². The zero-order chi connectivity index (χ0) is 35.1. The Labute approximate surface area is 307 Å². The highest BCUT2D eigenvalue weighted by atomic mass is 16.4. The first-order valence-corrected chi connectivity index (χ1v) is 18.1. The molecule has 1 aliphatic carbocycles. The van der Waals surface area contributed by atoms with E-state index in [2.05, 4.69) is 144 Å². The molecule has 0 radical (unpaired) electrons. The van der Waals surface area contributed by atoms with E-state index in [9.17, 15) is 0 Å². The molecule has 4 nitrogen and oxygen atoms in total. The summed E-state index contributed by atoms with van der Waals surface area (Å²) in [5, 5.41) is 2.03. The molecule has 252 valence electrons. The van der Waals surface area contributed by atoms with Gasteiger partial charge in [0.1, 0.15) is 16.7 Å². The molecule has 0 atom stereocenters. The average Bonchev–Trinajstić information content (AvgIpc) is 3.85. The van der Waals surface area contributed by atoms with E-state index in [1.807, 2.05) is 42.5 Å². The Morgan fingerprint density at radius 1 is 0.472 bits per heavy atom. The minimum atomic E-state index is 0.611. The fourth-order valence-corrected chi connectivity index (χ4v) is 7.64. The largest absolute Gasteiger partial charge is 0.455 e. The first kappa shape index (κ1) is 30.9. The van der Waals surface area contributed by atoms with E-state index in [4.69, 9.17) is 13.8 Å². The van der Waals surface area contributed by atoms with Gasteiger partial charge in [0.15, 0.2) is 5.58 Å². The molecule has 10 rings (SSSR count). The number of hydrogen-bond acceptors (Lipinski definition) is 4. The van der Waals surface area contributed by atoms with Gasteiger partial charge < -0.3 is 13.7 Å². The molecule has 0 fully saturated rings. The summed E-state index contributed by atoms with van der Waals surface area (Å²) < 4.78 is 12.8. The lowest BCUT2D eigenvalue weighted by Gasteiger charge is -2.30. The van der Waals surface area contributed by atoms with Crippen LogP contribution in [0.3, 0.4) is 0 Å². The third-order valence-corrected chi connectivity index (χ3v) is 10.2. The second-order valence-corrected chi connectivity index (χ2v) is 13.5. The van der Waals surface area contributed by atoms with Gasteiger partial charge in [-0.3, -0.25) is 0 Å². The van der Waals surface area contributed by atoms with Crippen LogP contribution in [0.5, 0.6) is 0 Å². The molecule has 1 aliphatic rings. The highest BCUT2D eigenvalue weighted by Crippen LogP contribution is 2.42. The van der Waals surface area contributed by atoms with E-state index in [0.717, 1.165) is 68.4 Å². The number of hydrogen-bond donors (Lipinski definition) is 0. The van der Waals surface area contributed by atoms with Crippen molar-refractivity contribution in [1.29, 1.82) is 0 Å². The van der Waals surface area contributed by atoms with Crippen molar-refractivity contribution in [3.05, 3.63) is 193 Å². The van der Waals surface area contributed by atoms with Crippen LogP contribution in [0.4, 0.5) is 11.4 Å². The van der Waals surface area contributed by atoms with Gasteiger partial charge in [0.05, 0.1) is 5.39 Å². The highest BCUT2D eigenvalue weighted by Gasteiger charge is 2.22. The van der Waals surface area contributed by atoms with Crippen molar-refractivity contribution in [1.82, 2.24) is 4.98 Å². The Morgan fingerprint density at radius 2 is 1.11 bits per heavy atom. The standard InChI is InChI=1S/C49H34N2O2/c1-4-12-33(13-5-1)35-22-26-39(27-23-35)51(41-19-10-18-38(32-41)34-14-6-2-7-15-34)40-28-24-36(25-29-40)42-20-11-21-43-46-44(52-48(42)43)30-31-45-47(46)50-49(53-45)37-16-8-3-9-17-37/h1-24,26-28,30-32H,25,29H2. The molecule has 7 aromatic carbocycles. The zero-order valence-corrected chi connectivity index (χ0v) is 28.9. The molecule has 0 spiro atoms. The fraction of sp³-hybridized carbons (Fsp3) is 0.0408. The summed E-state index contributed by atoms with van der Waals surface area (Å²) in [5.74, 6) is 0.611. The van der Waals surface area contributed by atoms with E-state index < -0.39 is 0 Å². The number of rotatable bonds is 7. The van der Waals surface area contributed by atoms with Crippen LogP contribution < -0.4 is 4.90 Å². The molecule has 4 heteroatoms. The summed E-state index contributed by atoms with van der Waals surface area (Å²) in [6.45, 7) is 0. The predicted molar refractivity (Wildman–Crippen MR) is 218 cm³/mol. The molecule has 0 aliphatic heterocycles. The van der Waals surface area contributed by atoms with Crippen molar-refractivity contribution in [2.75, 3.05) is 4.90 Å². The maximum absolute atomic E-state index is 6.62. The van der Waals surface area contributed by atoms with Gasteiger partial charge in [0.25, 0.3) is 0 Å². The average molecular weight is 683 g/mol. The van der Waals surface area contributed by atoms with Crippen molar-refractivity contribution in [3.63, 3.8) is 0 Å². The lowest BCUT2D eigenvalue weighted by Crippen LogP contribution is -2.18. The number of benzene rings is 7. The van der Waals surface area contributed by atoms with Gasteiger partial charge in [-0.05, 0) is 95.3 Å². The van der Waals surface area contributed by atoms with Gasteiger partial charge in [-0.25, -0.2) is 4.98 Å². The minimum absolute atomic E-state index is 0.611. The monoisotopic (exact) mass is 682 g/mol. The first-order chi connectivity index (χ1) is 26.3. The molecule has 9 aromatic rings. The van der Waals surface area contributed by atoms with E-state index >= 15 is 0 Å². The van der Waals surface area contributed by atoms with Gasteiger partial charge in [-0.15, -0.1) is 0 Å². The molecule has 2 heterocycles. The van der Waals surface area contributed by atoms with Crippen LogP contribution in [-0.4, -0.2) is 4.98 Å². The maximum Gasteiger partial charge on any atom is 0.227 e. The molecular weight excluding hydrogens is 649 g/mol. The number of allylic oxidation sites excluding steroid dienone is 4. The molecule has 0 N–H and O–H groups in total. The van der Waals surface area contributed by atoms with Gasteiger partial charge in [0, 0.05) is 33.6 Å². The van der Waals surface area contributed by atoms with Crippen molar-refractivity contribution in [2.45, 2.75) is 12.8 Å². The van der Waals surface area contributed by atoms with Gasteiger partial charge in [0.2, 0.25) is 5.89 Å². The summed E-state index contributed by atoms with van der Waals surface area (Å²) in [5.41, 5.74) is 14.9. The fourth-order valence-electron chi connectivity index (χ4n) is 7.64. The Balaban J connectivity index is 1.05. The van der Waals surface area contributed by atoms with Crippen LogP contribution in [-0.2, 0) is 0 Å². The first-order valence-electron chi connectivity index (χ1n) is 18.1. The Bertz CT molecular complexity index is 2810.